The number of carbonyl (C=O) groups is 4. The molecule has 8 heteroatoms. The molecule has 0 saturated heterocycles. The molecule has 2 atom stereocenters. The zero-order chi connectivity index (χ0) is 41.3. The Hall–Kier alpha value is -6.22. The molecule has 0 spiro atoms. The van der Waals surface area contributed by atoms with Crippen LogP contribution in [0, 0.1) is 0 Å². The van der Waals surface area contributed by atoms with Crippen LogP contribution in [0.1, 0.15) is 55.2 Å². The van der Waals surface area contributed by atoms with E-state index in [9.17, 15) is 19.2 Å². The molecule has 0 bridgehead atoms. The molecular formula is C52H42O6S2. The first-order valence-corrected chi connectivity index (χ1v) is 22.1. The highest BCUT2D eigenvalue weighted by molar-refractivity contribution is 8.01. The Balaban J connectivity index is 0.856. The number of ether oxygens (including phenoxy) is 2. The summed E-state index contributed by atoms with van der Waals surface area (Å²) < 4.78 is 11.2. The third kappa shape index (κ3) is 9.15. The van der Waals surface area contributed by atoms with Crippen LogP contribution in [0.5, 0.6) is 0 Å². The van der Waals surface area contributed by atoms with Gasteiger partial charge in [-0.05, 0) is 67.1 Å². The fourth-order valence-electron chi connectivity index (χ4n) is 7.70. The van der Waals surface area contributed by atoms with Crippen LogP contribution in [0.15, 0.2) is 170 Å². The van der Waals surface area contributed by atoms with Gasteiger partial charge in [0.25, 0.3) is 0 Å². The summed E-state index contributed by atoms with van der Waals surface area (Å²) in [7, 11) is 0. The molecule has 0 fully saturated rings. The number of rotatable bonds is 17. The van der Waals surface area contributed by atoms with Crippen molar-refractivity contribution in [3.8, 4) is 0 Å². The minimum atomic E-state index is -0.630. The number of benzene rings is 8. The Bertz CT molecular complexity index is 2640. The van der Waals surface area contributed by atoms with Crippen LogP contribution in [0.25, 0.3) is 43.1 Å². The number of carbonyl (C=O) groups excluding carboxylic acids is 4. The number of hydrogen-bond acceptors (Lipinski definition) is 8. The van der Waals surface area contributed by atoms with E-state index in [2.05, 4.69) is 0 Å². The molecule has 0 aromatic heterocycles. The number of fused-ring (bicyclic) bond motifs is 4. The number of thioether (sulfide) groups is 2. The van der Waals surface area contributed by atoms with E-state index in [1.54, 1.807) is 0 Å². The molecule has 0 aliphatic rings. The van der Waals surface area contributed by atoms with E-state index in [4.69, 9.17) is 9.47 Å². The second-order valence-corrected chi connectivity index (χ2v) is 16.6. The molecule has 0 heterocycles. The number of ketones is 2. The number of esters is 2. The highest BCUT2D eigenvalue weighted by Crippen LogP contribution is 2.40. The highest BCUT2D eigenvalue weighted by atomic mass is 32.2. The summed E-state index contributed by atoms with van der Waals surface area (Å²) in [5.74, 6) is -0.984. The van der Waals surface area contributed by atoms with E-state index in [1.807, 2.05) is 170 Å². The van der Waals surface area contributed by atoms with Crippen LogP contribution >= 0.6 is 23.5 Å². The number of unbranched alkanes of at least 4 members (excludes halogenated alkanes) is 1. The smallest absolute Gasteiger partial charge is 0.315 e. The van der Waals surface area contributed by atoms with Crippen molar-refractivity contribution in [2.24, 2.45) is 0 Å². The molecule has 2 unspecified atom stereocenters. The largest absolute Gasteiger partial charge is 0.465 e. The van der Waals surface area contributed by atoms with Crippen molar-refractivity contribution in [2.75, 3.05) is 24.7 Å². The normalized spacial score (nSPS) is 12.3. The van der Waals surface area contributed by atoms with Crippen molar-refractivity contribution < 1.29 is 28.7 Å². The summed E-state index contributed by atoms with van der Waals surface area (Å²) in [5.41, 5.74) is 2.93. The molecule has 0 N–H and O–H groups in total. The van der Waals surface area contributed by atoms with Gasteiger partial charge in [0, 0.05) is 11.1 Å². The minimum absolute atomic E-state index is 0.00797. The first-order valence-electron chi connectivity index (χ1n) is 20.0. The van der Waals surface area contributed by atoms with Gasteiger partial charge >= 0.3 is 11.9 Å². The summed E-state index contributed by atoms with van der Waals surface area (Å²) in [6.07, 6.45) is 0.993. The third-order valence-corrected chi connectivity index (χ3v) is 13.0. The van der Waals surface area contributed by atoms with Gasteiger partial charge in [-0.2, -0.15) is 0 Å². The molecule has 8 aromatic carbocycles. The Morgan fingerprint density at radius 1 is 0.383 bits per heavy atom. The maximum atomic E-state index is 14.3. The second kappa shape index (κ2) is 19.2. The predicted molar refractivity (Wildman–Crippen MR) is 246 cm³/mol. The monoisotopic (exact) mass is 826 g/mol. The van der Waals surface area contributed by atoms with E-state index >= 15 is 0 Å². The van der Waals surface area contributed by atoms with Crippen molar-refractivity contribution in [1.29, 1.82) is 0 Å². The van der Waals surface area contributed by atoms with Gasteiger partial charge in [-0.1, -0.05) is 170 Å². The molecule has 60 heavy (non-hydrogen) atoms. The summed E-state index contributed by atoms with van der Waals surface area (Å²) in [6.45, 7) is 0.315. The van der Waals surface area contributed by atoms with Gasteiger partial charge in [0.2, 0.25) is 0 Å². The minimum Gasteiger partial charge on any atom is -0.465 e. The Labute approximate surface area is 357 Å². The molecule has 0 amide bonds. The fraction of sp³-hybridized carbons (Fsp3) is 0.154. The Morgan fingerprint density at radius 2 is 0.700 bits per heavy atom. The third-order valence-electron chi connectivity index (χ3n) is 10.6. The molecule has 0 aliphatic carbocycles. The van der Waals surface area contributed by atoms with Gasteiger partial charge in [0.05, 0.1) is 35.2 Å². The van der Waals surface area contributed by atoms with Crippen LogP contribution in [-0.2, 0) is 19.1 Å². The van der Waals surface area contributed by atoms with Crippen molar-refractivity contribution in [2.45, 2.75) is 23.3 Å². The van der Waals surface area contributed by atoms with Gasteiger partial charge in [0.15, 0.2) is 11.6 Å². The summed E-state index contributed by atoms with van der Waals surface area (Å²) in [5, 5.41) is 6.41. The van der Waals surface area contributed by atoms with Crippen LogP contribution in [0.4, 0.5) is 0 Å². The Kier molecular flexibility index (Phi) is 13.0. The van der Waals surface area contributed by atoms with E-state index in [0.717, 1.165) is 54.2 Å². The van der Waals surface area contributed by atoms with Gasteiger partial charge in [-0.3, -0.25) is 19.2 Å². The molecule has 0 saturated carbocycles. The van der Waals surface area contributed by atoms with Crippen molar-refractivity contribution in [3.63, 3.8) is 0 Å². The van der Waals surface area contributed by atoms with Crippen LogP contribution in [0.2, 0.25) is 0 Å². The SMILES string of the molecule is O=C(CSC(C(=O)c1cccc2ccccc12)c1cccc2ccccc12)OCCCCOC(=O)CSC(C(=O)c1cccc2ccccc12)c1cccc2ccccc12. The van der Waals surface area contributed by atoms with E-state index < -0.39 is 22.4 Å². The molecular weight excluding hydrogens is 785 g/mol. The Morgan fingerprint density at radius 3 is 1.10 bits per heavy atom. The second-order valence-electron chi connectivity index (χ2n) is 14.4. The van der Waals surface area contributed by atoms with Gasteiger partial charge in [0.1, 0.15) is 0 Å². The van der Waals surface area contributed by atoms with E-state index in [0.29, 0.717) is 24.0 Å². The van der Waals surface area contributed by atoms with Crippen LogP contribution in [-0.4, -0.2) is 48.2 Å². The summed E-state index contributed by atoms with van der Waals surface area (Å²) in [4.78, 5) is 54.8. The van der Waals surface area contributed by atoms with E-state index in [1.165, 1.54) is 23.5 Å². The summed E-state index contributed by atoms with van der Waals surface area (Å²) in [6, 6.07) is 54.9. The zero-order valence-corrected chi connectivity index (χ0v) is 34.5. The molecule has 0 radical (unpaired) electrons. The van der Waals surface area contributed by atoms with Gasteiger partial charge in [-0.15, -0.1) is 23.5 Å². The van der Waals surface area contributed by atoms with Gasteiger partial charge < -0.3 is 9.47 Å². The number of Topliss-reactive ketones (excluding diaryl/α,β-unsaturated/α-hetero) is 2. The van der Waals surface area contributed by atoms with Crippen molar-refractivity contribution >= 4 is 90.1 Å². The van der Waals surface area contributed by atoms with Crippen molar-refractivity contribution in [1.82, 2.24) is 0 Å². The average molecular weight is 827 g/mol. The standard InChI is InChI=1S/C52H42O6S2/c53-47(33-59-51(45-29-13-21-37-17-3-7-25-41(37)45)49(55)43-27-11-19-35-15-1-5-23-39(35)43)57-31-9-10-32-58-48(54)34-60-52(46-30-14-22-38-18-4-8-26-42(38)46)50(56)44-28-12-20-36-16-2-6-24-40(36)44/h1-8,11-30,51-52H,9-10,31-34H2. The fourth-order valence-corrected chi connectivity index (χ4v) is 9.80. The molecule has 8 rings (SSSR count). The van der Waals surface area contributed by atoms with Crippen molar-refractivity contribution in [3.05, 3.63) is 192 Å². The van der Waals surface area contributed by atoms with E-state index in [-0.39, 0.29) is 36.3 Å². The lowest BCUT2D eigenvalue weighted by molar-refractivity contribution is -0.142. The quantitative estimate of drug-likeness (QED) is 0.0510. The predicted octanol–water partition coefficient (Wildman–Crippen LogP) is 12.2. The van der Waals surface area contributed by atoms with Gasteiger partial charge in [-0.25, -0.2) is 0 Å². The molecule has 8 aromatic rings. The lowest BCUT2D eigenvalue weighted by Crippen LogP contribution is -2.16. The van der Waals surface area contributed by atoms with Crippen LogP contribution in [0.3, 0.4) is 0 Å². The lowest BCUT2D eigenvalue weighted by atomic mass is 9.94. The maximum Gasteiger partial charge on any atom is 0.315 e. The average Bonchev–Trinajstić information content (AvgIpc) is 3.29. The number of hydrogen-bond donors (Lipinski definition) is 0. The lowest BCUT2D eigenvalue weighted by Gasteiger charge is -2.19. The molecule has 6 nitrogen and oxygen atoms in total. The first-order chi connectivity index (χ1) is 29.5. The molecule has 298 valence electrons. The molecule has 0 aliphatic heterocycles. The topological polar surface area (TPSA) is 86.7 Å². The van der Waals surface area contributed by atoms with Crippen LogP contribution < -0.4 is 0 Å². The highest BCUT2D eigenvalue weighted by Gasteiger charge is 2.28. The zero-order valence-electron chi connectivity index (χ0n) is 32.8. The summed E-state index contributed by atoms with van der Waals surface area (Å²) >= 11 is 2.54. The maximum absolute atomic E-state index is 14.3. The first kappa shape index (κ1) is 40.6.